The van der Waals surface area contributed by atoms with Gasteiger partial charge < -0.3 is 14.7 Å². The van der Waals surface area contributed by atoms with E-state index in [0.29, 0.717) is 18.1 Å². The summed E-state index contributed by atoms with van der Waals surface area (Å²) in [6.45, 7) is 7.57. The van der Waals surface area contributed by atoms with Gasteiger partial charge >= 0.3 is 0 Å². The molecule has 0 spiro atoms. The summed E-state index contributed by atoms with van der Waals surface area (Å²) in [7, 11) is 0. The lowest BCUT2D eigenvalue weighted by atomic mass is 10.2. The van der Waals surface area contributed by atoms with E-state index in [1.807, 2.05) is 0 Å². The number of hydrogen-bond acceptors (Lipinski definition) is 8. The van der Waals surface area contributed by atoms with Crippen molar-refractivity contribution in [1.82, 2.24) is 20.0 Å². The number of anilines is 2. The SMILES string of the molecule is CCc1cc2c(N3CCN(CC(=O)Nc4cc(C)on4)CC3)ncnc2s1. The van der Waals surface area contributed by atoms with Crippen LogP contribution in [0.4, 0.5) is 11.6 Å². The van der Waals surface area contributed by atoms with Gasteiger partial charge in [0.25, 0.3) is 0 Å². The molecule has 0 atom stereocenters. The average molecular weight is 386 g/mol. The number of rotatable bonds is 5. The van der Waals surface area contributed by atoms with Gasteiger partial charge in [0.15, 0.2) is 5.82 Å². The Balaban J connectivity index is 1.36. The van der Waals surface area contributed by atoms with Gasteiger partial charge in [0.2, 0.25) is 5.91 Å². The quantitative estimate of drug-likeness (QED) is 0.720. The second-order valence-electron chi connectivity index (χ2n) is 6.62. The highest BCUT2D eigenvalue weighted by atomic mass is 32.1. The number of carbonyl (C=O) groups excluding carboxylic acids is 1. The molecule has 0 bridgehead atoms. The number of aromatic nitrogens is 3. The van der Waals surface area contributed by atoms with Crippen molar-refractivity contribution in [3.8, 4) is 0 Å². The van der Waals surface area contributed by atoms with Crippen LogP contribution in [0, 0.1) is 6.92 Å². The van der Waals surface area contributed by atoms with E-state index in [0.717, 1.165) is 48.6 Å². The number of carbonyl (C=O) groups is 1. The average Bonchev–Trinajstić information content (AvgIpc) is 3.27. The van der Waals surface area contributed by atoms with Crippen molar-refractivity contribution in [3.63, 3.8) is 0 Å². The Hall–Kier alpha value is -2.52. The van der Waals surface area contributed by atoms with Crippen LogP contribution >= 0.6 is 11.3 Å². The predicted molar refractivity (Wildman–Crippen MR) is 105 cm³/mol. The van der Waals surface area contributed by atoms with Crippen LogP contribution in [0.2, 0.25) is 0 Å². The number of thiophene rings is 1. The monoisotopic (exact) mass is 386 g/mol. The maximum atomic E-state index is 12.2. The Kier molecular flexibility index (Phi) is 5.04. The molecule has 0 aliphatic carbocycles. The zero-order valence-electron chi connectivity index (χ0n) is 15.4. The van der Waals surface area contributed by atoms with Crippen LogP contribution in [0.3, 0.4) is 0 Å². The first-order valence-corrected chi connectivity index (χ1v) is 9.88. The molecule has 1 N–H and O–H groups in total. The van der Waals surface area contributed by atoms with Crippen molar-refractivity contribution >= 4 is 39.1 Å². The maximum Gasteiger partial charge on any atom is 0.239 e. The number of piperazine rings is 1. The van der Waals surface area contributed by atoms with Gasteiger partial charge in [0.1, 0.15) is 22.7 Å². The van der Waals surface area contributed by atoms with Gasteiger partial charge in [-0.05, 0) is 19.4 Å². The third-order valence-corrected chi connectivity index (χ3v) is 5.83. The highest BCUT2D eigenvalue weighted by molar-refractivity contribution is 7.18. The van der Waals surface area contributed by atoms with E-state index >= 15 is 0 Å². The van der Waals surface area contributed by atoms with Crippen molar-refractivity contribution in [3.05, 3.63) is 29.1 Å². The number of nitrogens with zero attached hydrogens (tertiary/aromatic N) is 5. The van der Waals surface area contributed by atoms with Gasteiger partial charge in [-0.1, -0.05) is 12.1 Å². The van der Waals surface area contributed by atoms with Crippen LogP contribution < -0.4 is 10.2 Å². The molecule has 3 aromatic rings. The van der Waals surface area contributed by atoms with Gasteiger partial charge in [-0.25, -0.2) is 9.97 Å². The summed E-state index contributed by atoms with van der Waals surface area (Å²) in [5, 5.41) is 7.69. The molecule has 4 heterocycles. The van der Waals surface area contributed by atoms with E-state index in [4.69, 9.17) is 4.52 Å². The summed E-state index contributed by atoms with van der Waals surface area (Å²) in [6.07, 6.45) is 2.65. The van der Waals surface area contributed by atoms with Crippen molar-refractivity contribution in [1.29, 1.82) is 0 Å². The first-order valence-electron chi connectivity index (χ1n) is 9.06. The molecule has 1 aliphatic heterocycles. The van der Waals surface area contributed by atoms with Crippen molar-refractivity contribution in [2.24, 2.45) is 0 Å². The Bertz CT molecular complexity index is 944. The molecule has 8 nitrogen and oxygen atoms in total. The highest BCUT2D eigenvalue weighted by Gasteiger charge is 2.22. The molecule has 4 rings (SSSR count). The molecule has 1 saturated heterocycles. The van der Waals surface area contributed by atoms with E-state index in [1.54, 1.807) is 30.7 Å². The zero-order chi connectivity index (χ0) is 18.8. The lowest BCUT2D eigenvalue weighted by molar-refractivity contribution is -0.117. The molecule has 3 aromatic heterocycles. The molecular weight excluding hydrogens is 364 g/mol. The molecule has 1 fully saturated rings. The third-order valence-electron chi connectivity index (χ3n) is 4.64. The summed E-state index contributed by atoms with van der Waals surface area (Å²) >= 11 is 1.73. The van der Waals surface area contributed by atoms with Crippen LogP contribution in [-0.4, -0.2) is 58.7 Å². The Morgan fingerprint density at radius 2 is 2.07 bits per heavy atom. The minimum atomic E-state index is -0.0772. The van der Waals surface area contributed by atoms with E-state index in [1.165, 1.54) is 4.88 Å². The predicted octanol–water partition coefficient (Wildman–Crippen LogP) is 2.31. The summed E-state index contributed by atoms with van der Waals surface area (Å²) in [4.78, 5) is 27.9. The standard InChI is InChI=1S/C18H22N6O2S/c1-3-13-9-14-17(19-11-20-18(14)27-13)24-6-4-23(5-7-24)10-16(25)21-15-8-12(2)26-22-15/h8-9,11H,3-7,10H2,1-2H3,(H,21,22,25). The smallest absolute Gasteiger partial charge is 0.239 e. The molecule has 0 saturated carbocycles. The number of aryl methyl sites for hydroxylation is 2. The summed E-state index contributed by atoms with van der Waals surface area (Å²) in [5.74, 6) is 2.06. The van der Waals surface area contributed by atoms with E-state index in [9.17, 15) is 4.79 Å². The molecule has 1 aliphatic rings. The Labute approximate surface area is 161 Å². The second kappa shape index (κ2) is 7.61. The minimum Gasteiger partial charge on any atom is -0.360 e. The number of amides is 1. The molecule has 0 aromatic carbocycles. The van der Waals surface area contributed by atoms with Gasteiger partial charge in [-0.15, -0.1) is 11.3 Å². The lowest BCUT2D eigenvalue weighted by Gasteiger charge is -2.35. The van der Waals surface area contributed by atoms with Crippen molar-refractivity contribution in [2.75, 3.05) is 42.9 Å². The Morgan fingerprint density at radius 3 is 2.78 bits per heavy atom. The van der Waals surface area contributed by atoms with Crippen molar-refractivity contribution in [2.45, 2.75) is 20.3 Å². The lowest BCUT2D eigenvalue weighted by Crippen LogP contribution is -2.49. The number of nitrogens with one attached hydrogen (secondary N) is 1. The molecule has 0 unspecified atom stereocenters. The molecular formula is C18H22N6O2S. The van der Waals surface area contributed by atoms with Crippen LogP contribution in [-0.2, 0) is 11.2 Å². The fraction of sp³-hybridized carbons (Fsp3) is 0.444. The van der Waals surface area contributed by atoms with E-state index < -0.39 is 0 Å². The summed E-state index contributed by atoms with van der Waals surface area (Å²) in [6, 6.07) is 3.91. The van der Waals surface area contributed by atoms with Crippen LogP contribution in [0.15, 0.2) is 23.0 Å². The minimum absolute atomic E-state index is 0.0772. The van der Waals surface area contributed by atoms with Crippen molar-refractivity contribution < 1.29 is 9.32 Å². The summed E-state index contributed by atoms with van der Waals surface area (Å²) < 4.78 is 4.97. The van der Waals surface area contributed by atoms with Crippen LogP contribution in [0.25, 0.3) is 10.2 Å². The second-order valence-corrected chi connectivity index (χ2v) is 7.73. The molecule has 9 heteroatoms. The largest absolute Gasteiger partial charge is 0.360 e. The van der Waals surface area contributed by atoms with E-state index in [-0.39, 0.29) is 5.91 Å². The molecule has 142 valence electrons. The normalized spacial score (nSPS) is 15.4. The zero-order valence-corrected chi connectivity index (χ0v) is 16.3. The Morgan fingerprint density at radius 1 is 1.26 bits per heavy atom. The molecule has 1 amide bonds. The van der Waals surface area contributed by atoms with E-state index in [2.05, 4.69) is 43.2 Å². The fourth-order valence-electron chi connectivity index (χ4n) is 3.25. The number of hydrogen-bond donors (Lipinski definition) is 1. The van der Waals surface area contributed by atoms with Gasteiger partial charge in [0, 0.05) is 37.1 Å². The van der Waals surface area contributed by atoms with Gasteiger partial charge in [-0.2, -0.15) is 0 Å². The first kappa shape index (κ1) is 17.9. The third kappa shape index (κ3) is 3.93. The topological polar surface area (TPSA) is 87.4 Å². The van der Waals surface area contributed by atoms with Crippen LogP contribution in [0.5, 0.6) is 0 Å². The fourth-order valence-corrected chi connectivity index (χ4v) is 4.18. The highest BCUT2D eigenvalue weighted by Crippen LogP contribution is 2.30. The molecule has 0 radical (unpaired) electrons. The first-order chi connectivity index (χ1) is 13.1. The molecule has 27 heavy (non-hydrogen) atoms. The number of fused-ring (bicyclic) bond motifs is 1. The van der Waals surface area contributed by atoms with Gasteiger partial charge in [0.05, 0.1) is 11.9 Å². The maximum absolute atomic E-state index is 12.2. The van der Waals surface area contributed by atoms with Gasteiger partial charge in [-0.3, -0.25) is 9.69 Å². The van der Waals surface area contributed by atoms with Crippen LogP contribution in [0.1, 0.15) is 17.6 Å². The summed E-state index contributed by atoms with van der Waals surface area (Å²) in [5.41, 5.74) is 0.